The summed E-state index contributed by atoms with van der Waals surface area (Å²) >= 11 is 0. The van der Waals surface area contributed by atoms with Crippen LogP contribution in [0.1, 0.15) is 25.3 Å². The van der Waals surface area contributed by atoms with Gasteiger partial charge in [-0.15, -0.1) is 0 Å². The van der Waals surface area contributed by atoms with E-state index in [1.807, 2.05) is 31.2 Å². The summed E-state index contributed by atoms with van der Waals surface area (Å²) < 4.78 is 5.13. The second-order valence-corrected chi connectivity index (χ2v) is 4.70. The topological polar surface area (TPSA) is 87.7 Å². The molecule has 0 aromatic heterocycles. The van der Waals surface area contributed by atoms with Crippen molar-refractivity contribution in [2.24, 2.45) is 0 Å². The Hall–Kier alpha value is -2.24. The number of hydrogen-bond acceptors (Lipinski definition) is 3. The lowest BCUT2D eigenvalue weighted by Gasteiger charge is -2.15. The number of amides is 2. The van der Waals surface area contributed by atoms with Crippen molar-refractivity contribution in [3.63, 3.8) is 0 Å². The van der Waals surface area contributed by atoms with E-state index >= 15 is 0 Å². The molecule has 21 heavy (non-hydrogen) atoms. The summed E-state index contributed by atoms with van der Waals surface area (Å²) in [6.45, 7) is 2.31. The molecule has 1 rings (SSSR count). The van der Waals surface area contributed by atoms with Crippen molar-refractivity contribution in [2.75, 3.05) is 13.7 Å². The zero-order chi connectivity index (χ0) is 15.7. The van der Waals surface area contributed by atoms with Crippen LogP contribution in [0.15, 0.2) is 24.3 Å². The molecule has 116 valence electrons. The number of urea groups is 1. The Bertz CT molecular complexity index is 476. The predicted molar refractivity (Wildman–Crippen MR) is 79.6 cm³/mol. The Morgan fingerprint density at radius 2 is 2.14 bits per heavy atom. The first-order valence-electron chi connectivity index (χ1n) is 6.94. The van der Waals surface area contributed by atoms with E-state index in [1.165, 1.54) is 0 Å². The minimum Gasteiger partial charge on any atom is -0.497 e. The van der Waals surface area contributed by atoms with Gasteiger partial charge in [-0.25, -0.2) is 4.79 Å². The van der Waals surface area contributed by atoms with Crippen LogP contribution in [0.25, 0.3) is 0 Å². The van der Waals surface area contributed by atoms with Crippen LogP contribution in [0.3, 0.4) is 0 Å². The van der Waals surface area contributed by atoms with E-state index in [0.717, 1.165) is 11.3 Å². The van der Waals surface area contributed by atoms with Gasteiger partial charge < -0.3 is 20.5 Å². The van der Waals surface area contributed by atoms with E-state index < -0.39 is 5.97 Å². The van der Waals surface area contributed by atoms with E-state index in [4.69, 9.17) is 9.84 Å². The van der Waals surface area contributed by atoms with Crippen LogP contribution in [-0.2, 0) is 11.2 Å². The van der Waals surface area contributed by atoms with Crippen LogP contribution in [-0.4, -0.2) is 36.8 Å². The Morgan fingerprint density at radius 3 is 2.76 bits per heavy atom. The number of carbonyl (C=O) groups excluding carboxylic acids is 1. The summed E-state index contributed by atoms with van der Waals surface area (Å²) in [5.74, 6) is -0.136. The van der Waals surface area contributed by atoms with Crippen LogP contribution in [0.5, 0.6) is 5.75 Å². The molecule has 6 nitrogen and oxygen atoms in total. The summed E-state index contributed by atoms with van der Waals surface area (Å²) in [6.07, 6.45) is 1.19. The van der Waals surface area contributed by atoms with Gasteiger partial charge in [0, 0.05) is 12.6 Å². The largest absolute Gasteiger partial charge is 0.497 e. The zero-order valence-electron chi connectivity index (χ0n) is 12.4. The third kappa shape index (κ3) is 6.65. The summed E-state index contributed by atoms with van der Waals surface area (Å²) in [5.41, 5.74) is 1.06. The number of carbonyl (C=O) groups is 2. The second kappa shape index (κ2) is 8.84. The Morgan fingerprint density at radius 1 is 1.38 bits per heavy atom. The molecule has 0 bridgehead atoms. The molecule has 0 saturated carbocycles. The number of methoxy groups -OCH3 is 1. The summed E-state index contributed by atoms with van der Waals surface area (Å²) in [6, 6.07) is 6.95. The molecular weight excluding hydrogens is 272 g/mol. The van der Waals surface area contributed by atoms with Crippen molar-refractivity contribution < 1.29 is 19.4 Å². The van der Waals surface area contributed by atoms with Gasteiger partial charge in [0.25, 0.3) is 0 Å². The smallest absolute Gasteiger partial charge is 0.315 e. The van der Waals surface area contributed by atoms with Gasteiger partial charge in [-0.2, -0.15) is 0 Å². The minimum absolute atomic E-state index is 0.0696. The average molecular weight is 294 g/mol. The first-order valence-corrected chi connectivity index (χ1v) is 6.94. The zero-order valence-corrected chi connectivity index (χ0v) is 12.4. The molecule has 0 aliphatic carbocycles. The summed E-state index contributed by atoms with van der Waals surface area (Å²) in [4.78, 5) is 22.3. The third-order valence-electron chi connectivity index (χ3n) is 3.08. The van der Waals surface area contributed by atoms with Crippen LogP contribution in [0.4, 0.5) is 4.79 Å². The molecule has 0 aliphatic rings. The number of rotatable bonds is 8. The van der Waals surface area contributed by atoms with Gasteiger partial charge in [0.15, 0.2) is 0 Å². The van der Waals surface area contributed by atoms with Crippen LogP contribution < -0.4 is 15.4 Å². The maximum absolute atomic E-state index is 11.7. The van der Waals surface area contributed by atoms with E-state index in [9.17, 15) is 9.59 Å². The predicted octanol–water partition coefficient (Wildman–Crippen LogP) is 1.79. The first kappa shape index (κ1) is 16.8. The number of carboxylic acid groups (broad SMARTS) is 1. The van der Waals surface area contributed by atoms with E-state index in [1.54, 1.807) is 7.11 Å². The quantitative estimate of drug-likeness (QED) is 0.682. The molecule has 0 saturated heterocycles. The van der Waals surface area contributed by atoms with Gasteiger partial charge >= 0.3 is 12.0 Å². The molecule has 0 spiro atoms. The van der Waals surface area contributed by atoms with Gasteiger partial charge in [-0.05, 0) is 30.5 Å². The van der Waals surface area contributed by atoms with Gasteiger partial charge in [-0.1, -0.05) is 19.1 Å². The maximum atomic E-state index is 11.7. The van der Waals surface area contributed by atoms with Gasteiger partial charge in [0.1, 0.15) is 5.75 Å². The van der Waals surface area contributed by atoms with Gasteiger partial charge in [0.2, 0.25) is 0 Å². The van der Waals surface area contributed by atoms with Crippen molar-refractivity contribution in [3.05, 3.63) is 29.8 Å². The van der Waals surface area contributed by atoms with Gasteiger partial charge in [0.05, 0.1) is 13.5 Å². The number of hydrogen-bond donors (Lipinski definition) is 3. The molecule has 0 heterocycles. The number of benzene rings is 1. The van der Waals surface area contributed by atoms with Crippen molar-refractivity contribution in [3.8, 4) is 5.75 Å². The molecule has 1 atom stereocenters. The molecule has 1 aromatic carbocycles. The lowest BCUT2D eigenvalue weighted by Crippen LogP contribution is -2.43. The Balaban J connectivity index is 2.33. The van der Waals surface area contributed by atoms with Crippen molar-refractivity contribution in [1.82, 2.24) is 10.6 Å². The molecule has 0 fully saturated rings. The molecule has 1 aromatic rings. The van der Waals surface area contributed by atoms with Crippen LogP contribution >= 0.6 is 0 Å². The summed E-state index contributed by atoms with van der Waals surface area (Å²) in [7, 11) is 1.61. The maximum Gasteiger partial charge on any atom is 0.315 e. The highest BCUT2D eigenvalue weighted by molar-refractivity contribution is 5.75. The fourth-order valence-electron chi connectivity index (χ4n) is 1.89. The molecule has 6 heteroatoms. The minimum atomic E-state index is -0.918. The number of carboxylic acids is 1. The lowest BCUT2D eigenvalue weighted by molar-refractivity contribution is -0.137. The standard InChI is InChI=1S/C15H22N2O4/c1-3-12(10-14(18)19)17-15(20)16-8-7-11-5-4-6-13(9-11)21-2/h4-6,9,12H,3,7-8,10H2,1-2H3,(H,18,19)(H2,16,17,20). The monoisotopic (exact) mass is 294 g/mol. The normalized spacial score (nSPS) is 11.5. The summed E-state index contributed by atoms with van der Waals surface area (Å²) in [5, 5.41) is 14.1. The third-order valence-corrected chi connectivity index (χ3v) is 3.08. The molecule has 3 N–H and O–H groups in total. The van der Waals surface area contributed by atoms with Crippen LogP contribution in [0, 0.1) is 0 Å². The van der Waals surface area contributed by atoms with E-state index in [2.05, 4.69) is 10.6 Å². The molecular formula is C15H22N2O4. The van der Waals surface area contributed by atoms with Crippen molar-refractivity contribution in [1.29, 1.82) is 0 Å². The average Bonchev–Trinajstić information content (AvgIpc) is 2.46. The first-order chi connectivity index (χ1) is 10.0. The molecule has 0 radical (unpaired) electrons. The van der Waals surface area contributed by atoms with Crippen molar-refractivity contribution >= 4 is 12.0 Å². The van der Waals surface area contributed by atoms with Crippen molar-refractivity contribution in [2.45, 2.75) is 32.2 Å². The fourth-order valence-corrected chi connectivity index (χ4v) is 1.89. The Labute approximate surface area is 124 Å². The highest BCUT2D eigenvalue weighted by atomic mass is 16.5. The van der Waals surface area contributed by atoms with E-state index in [0.29, 0.717) is 19.4 Å². The van der Waals surface area contributed by atoms with Gasteiger partial charge in [-0.3, -0.25) is 4.79 Å². The Kier molecular flexibility index (Phi) is 7.08. The molecule has 2 amide bonds. The highest BCUT2D eigenvalue weighted by Crippen LogP contribution is 2.12. The van der Waals surface area contributed by atoms with Crippen LogP contribution in [0.2, 0.25) is 0 Å². The molecule has 1 unspecified atom stereocenters. The highest BCUT2D eigenvalue weighted by Gasteiger charge is 2.13. The number of nitrogens with one attached hydrogen (secondary N) is 2. The number of aliphatic carboxylic acids is 1. The number of ether oxygens (including phenoxy) is 1. The lowest BCUT2D eigenvalue weighted by atomic mass is 10.1. The SMILES string of the molecule is CCC(CC(=O)O)NC(=O)NCCc1cccc(OC)c1. The van der Waals surface area contributed by atoms with E-state index in [-0.39, 0.29) is 18.5 Å². The second-order valence-electron chi connectivity index (χ2n) is 4.70. The molecule has 0 aliphatic heterocycles. The fraction of sp³-hybridized carbons (Fsp3) is 0.467.